The summed E-state index contributed by atoms with van der Waals surface area (Å²) in [5.41, 5.74) is 4.36. The largest absolute Gasteiger partial charge is 0.388 e. The van der Waals surface area contributed by atoms with Gasteiger partial charge < -0.3 is 25.3 Å². The number of nitrogens with zero attached hydrogens (tertiary/aromatic N) is 2. The molecule has 4 aliphatic carbocycles. The first kappa shape index (κ1) is 24.6. The van der Waals surface area contributed by atoms with Crippen LogP contribution in [0.1, 0.15) is 50.3 Å². The van der Waals surface area contributed by atoms with Crippen LogP contribution >= 0.6 is 0 Å². The lowest BCUT2D eigenvalue weighted by Gasteiger charge is -2.46. The highest BCUT2D eigenvalue weighted by Crippen LogP contribution is 2.58. The molecule has 0 saturated heterocycles. The highest BCUT2D eigenvalue weighted by Gasteiger charge is 2.53. The number of fused-ring (bicyclic) bond motifs is 3. The smallest absolute Gasteiger partial charge is 0.105 e. The van der Waals surface area contributed by atoms with Crippen LogP contribution in [0.5, 0.6) is 0 Å². The van der Waals surface area contributed by atoms with Crippen molar-refractivity contribution in [2.75, 3.05) is 14.1 Å². The second-order valence-electron chi connectivity index (χ2n) is 11.4. The molecule has 4 N–H and O–H groups in total. The van der Waals surface area contributed by atoms with Gasteiger partial charge >= 0.3 is 0 Å². The van der Waals surface area contributed by atoms with E-state index < -0.39 is 23.9 Å². The SMILES string of the molecule is Cc1ncccc1/C=C/C1=CCC2C3=C(C=C4[C@@H](O)[C@H](O)[C@@H](N(C)C)C[C@]4(O)CC3)C(O)C[C@]12C. The van der Waals surface area contributed by atoms with E-state index in [9.17, 15) is 20.4 Å². The second-order valence-corrected chi connectivity index (χ2v) is 11.4. The predicted octanol–water partition coefficient (Wildman–Crippen LogP) is 2.92. The van der Waals surface area contributed by atoms with Crippen molar-refractivity contribution < 1.29 is 20.4 Å². The van der Waals surface area contributed by atoms with Crippen molar-refractivity contribution in [3.05, 3.63) is 70.1 Å². The van der Waals surface area contributed by atoms with Crippen molar-refractivity contribution >= 4 is 6.08 Å². The first-order valence-corrected chi connectivity index (χ1v) is 12.7. The van der Waals surface area contributed by atoms with Gasteiger partial charge in [-0.1, -0.05) is 42.9 Å². The van der Waals surface area contributed by atoms with Gasteiger partial charge in [-0.15, -0.1) is 0 Å². The normalized spacial score (nSPS) is 39.2. The van der Waals surface area contributed by atoms with E-state index in [0.717, 1.165) is 23.3 Å². The Morgan fingerprint density at radius 1 is 1.14 bits per heavy atom. The highest BCUT2D eigenvalue weighted by atomic mass is 16.3. The van der Waals surface area contributed by atoms with E-state index in [1.165, 1.54) is 11.1 Å². The molecule has 1 aromatic rings. The van der Waals surface area contributed by atoms with Gasteiger partial charge in [0.2, 0.25) is 0 Å². The predicted molar refractivity (Wildman–Crippen MR) is 136 cm³/mol. The Balaban J connectivity index is 1.47. The van der Waals surface area contributed by atoms with Crippen LogP contribution in [0.3, 0.4) is 0 Å². The van der Waals surface area contributed by atoms with Gasteiger partial charge in [0.1, 0.15) is 6.10 Å². The molecule has 6 heteroatoms. The van der Waals surface area contributed by atoms with Gasteiger partial charge in [-0.05, 0) is 87.4 Å². The molecule has 0 aromatic carbocycles. The van der Waals surface area contributed by atoms with Crippen LogP contribution in [-0.2, 0) is 0 Å². The molecule has 35 heavy (non-hydrogen) atoms. The number of hydrogen-bond donors (Lipinski definition) is 4. The van der Waals surface area contributed by atoms with Gasteiger partial charge in [0, 0.05) is 23.3 Å². The summed E-state index contributed by atoms with van der Waals surface area (Å²) in [5, 5.41) is 44.8. The van der Waals surface area contributed by atoms with E-state index in [-0.39, 0.29) is 17.4 Å². The van der Waals surface area contributed by atoms with Crippen LogP contribution < -0.4 is 0 Å². The molecule has 0 spiro atoms. The number of aryl methyl sites for hydroxylation is 1. The summed E-state index contributed by atoms with van der Waals surface area (Å²) in [7, 11) is 3.72. The third kappa shape index (κ3) is 3.96. The maximum absolute atomic E-state index is 11.7. The summed E-state index contributed by atoms with van der Waals surface area (Å²) >= 11 is 0. The third-order valence-corrected chi connectivity index (χ3v) is 9.16. The molecule has 0 aliphatic heterocycles. The molecule has 188 valence electrons. The monoisotopic (exact) mass is 478 g/mol. The first-order chi connectivity index (χ1) is 16.5. The van der Waals surface area contributed by atoms with Crippen LogP contribution in [0, 0.1) is 18.3 Å². The van der Waals surface area contributed by atoms with E-state index in [0.29, 0.717) is 31.3 Å². The van der Waals surface area contributed by atoms with Crippen molar-refractivity contribution in [1.29, 1.82) is 0 Å². The zero-order chi connectivity index (χ0) is 25.1. The number of aliphatic hydroxyl groups is 4. The topological polar surface area (TPSA) is 97.1 Å². The Morgan fingerprint density at radius 3 is 2.63 bits per heavy atom. The molecular weight excluding hydrogens is 440 g/mol. The molecule has 0 amide bonds. The van der Waals surface area contributed by atoms with Crippen molar-refractivity contribution in [2.24, 2.45) is 11.3 Å². The molecule has 1 saturated carbocycles. The van der Waals surface area contributed by atoms with Crippen molar-refractivity contribution in [2.45, 2.75) is 75.9 Å². The van der Waals surface area contributed by atoms with Crippen LogP contribution in [-0.4, -0.2) is 74.4 Å². The zero-order valence-corrected chi connectivity index (χ0v) is 21.1. The number of likely N-dealkylation sites (N-methyl/N-ethyl adjacent to an activating group) is 1. The summed E-state index contributed by atoms with van der Waals surface area (Å²) in [6.45, 7) is 4.24. The molecule has 1 aromatic heterocycles. The molecule has 1 fully saturated rings. The lowest BCUT2D eigenvalue weighted by molar-refractivity contribution is -0.0922. The van der Waals surface area contributed by atoms with E-state index in [1.807, 2.05) is 38.1 Å². The standard InChI is InChI=1S/C29H38N2O4/c1-17-18(6-5-13-30-17)7-8-19-9-10-22-20-11-12-29(35)15-24(31(3)4)27(34)26(33)23(29)14-21(20)25(32)16-28(19,22)2/h5-9,13-14,22,24-27,32-35H,10-12,15-16H2,1-4H3/b8-7+/t22?,24-,25?,26+,27+,28+,29+/m0/s1. The van der Waals surface area contributed by atoms with Gasteiger partial charge in [-0.2, -0.15) is 0 Å². The fourth-order valence-electron chi connectivity index (χ4n) is 6.99. The number of hydrogen-bond acceptors (Lipinski definition) is 6. The molecular formula is C29H38N2O4. The number of rotatable bonds is 3. The lowest BCUT2D eigenvalue weighted by Crippen LogP contribution is -2.58. The van der Waals surface area contributed by atoms with Crippen molar-refractivity contribution in [3.63, 3.8) is 0 Å². The second kappa shape index (κ2) is 8.79. The average molecular weight is 479 g/mol. The number of pyridine rings is 1. The Labute approximate surface area is 208 Å². The van der Waals surface area contributed by atoms with Gasteiger partial charge in [-0.25, -0.2) is 0 Å². The molecule has 5 rings (SSSR count). The molecule has 0 bridgehead atoms. The number of allylic oxidation sites excluding steroid dienone is 4. The minimum Gasteiger partial charge on any atom is -0.388 e. The Hall–Kier alpha value is -2.09. The molecule has 7 atom stereocenters. The minimum absolute atomic E-state index is 0.203. The quantitative estimate of drug-likeness (QED) is 0.534. The Kier molecular flexibility index (Phi) is 6.17. The van der Waals surface area contributed by atoms with Crippen molar-refractivity contribution in [3.8, 4) is 0 Å². The summed E-state index contributed by atoms with van der Waals surface area (Å²) in [6.07, 6.45) is 10.3. The number of aliphatic hydroxyl groups excluding tert-OH is 3. The maximum atomic E-state index is 11.7. The summed E-state index contributed by atoms with van der Waals surface area (Å²) < 4.78 is 0. The van der Waals surface area contributed by atoms with Crippen LogP contribution in [0.25, 0.3) is 6.08 Å². The molecule has 6 nitrogen and oxygen atoms in total. The van der Waals surface area contributed by atoms with E-state index >= 15 is 0 Å². The first-order valence-electron chi connectivity index (χ1n) is 12.7. The van der Waals surface area contributed by atoms with Crippen molar-refractivity contribution in [1.82, 2.24) is 9.88 Å². The van der Waals surface area contributed by atoms with Gasteiger partial charge in [0.15, 0.2) is 0 Å². The molecule has 4 aliphatic rings. The number of aromatic nitrogens is 1. The third-order valence-electron chi connectivity index (χ3n) is 9.16. The van der Waals surface area contributed by atoms with Crippen LogP contribution in [0.2, 0.25) is 0 Å². The fraction of sp³-hybridized carbons (Fsp3) is 0.552. The Morgan fingerprint density at radius 2 is 1.91 bits per heavy atom. The van der Waals surface area contributed by atoms with E-state index in [1.54, 1.807) is 6.20 Å². The summed E-state index contributed by atoms with van der Waals surface area (Å²) in [5.74, 6) is 0.239. The Bertz CT molecular complexity index is 1140. The fourth-order valence-corrected chi connectivity index (χ4v) is 6.99. The molecule has 1 heterocycles. The summed E-state index contributed by atoms with van der Waals surface area (Å²) in [4.78, 5) is 6.25. The molecule has 0 radical (unpaired) electrons. The van der Waals surface area contributed by atoms with Gasteiger partial charge in [0.05, 0.1) is 17.8 Å². The maximum Gasteiger partial charge on any atom is 0.105 e. The zero-order valence-electron chi connectivity index (χ0n) is 21.1. The van der Waals surface area contributed by atoms with E-state index in [2.05, 4.69) is 36.2 Å². The van der Waals surface area contributed by atoms with Gasteiger partial charge in [-0.3, -0.25) is 4.98 Å². The van der Waals surface area contributed by atoms with Crippen LogP contribution in [0.15, 0.2) is 58.9 Å². The average Bonchev–Trinajstić information content (AvgIpc) is 3.03. The van der Waals surface area contributed by atoms with Gasteiger partial charge in [0.25, 0.3) is 0 Å². The van der Waals surface area contributed by atoms with E-state index in [4.69, 9.17) is 0 Å². The minimum atomic E-state index is -1.20. The highest BCUT2D eigenvalue weighted by molar-refractivity contribution is 5.57. The van der Waals surface area contributed by atoms with Crippen LogP contribution in [0.4, 0.5) is 0 Å². The lowest BCUT2D eigenvalue weighted by atomic mass is 9.62. The molecule has 2 unspecified atom stereocenters. The summed E-state index contributed by atoms with van der Waals surface area (Å²) in [6, 6.07) is 3.67.